The molecule has 1 N–H and O–H groups in total. The van der Waals surface area contributed by atoms with E-state index in [-0.39, 0.29) is 18.2 Å². The van der Waals surface area contributed by atoms with Gasteiger partial charge in [-0.05, 0) is 12.8 Å². The van der Waals surface area contributed by atoms with Crippen molar-refractivity contribution in [1.29, 1.82) is 0 Å². The fourth-order valence-electron chi connectivity index (χ4n) is 1.79. The van der Waals surface area contributed by atoms with E-state index in [9.17, 15) is 9.59 Å². The summed E-state index contributed by atoms with van der Waals surface area (Å²) in [6.07, 6.45) is 0.199. The Balaban J connectivity index is 2.06. The molecule has 2 saturated heterocycles. The second-order valence-corrected chi connectivity index (χ2v) is 5.68. The third-order valence-corrected chi connectivity index (χ3v) is 4.51. The molecule has 2 fully saturated rings. The van der Waals surface area contributed by atoms with E-state index in [0.717, 1.165) is 15.8 Å². The Hall–Kier alpha value is -1.04. The highest BCUT2D eigenvalue weighted by atomic mass is 32.2. The third kappa shape index (κ3) is 2.46. The van der Waals surface area contributed by atoms with Gasteiger partial charge in [0.05, 0.1) is 6.42 Å². The minimum absolute atomic E-state index is 0.147. The molecule has 2 amide bonds. The predicted octanol–water partition coefficient (Wildman–Crippen LogP) is 0.461. The van der Waals surface area contributed by atoms with Gasteiger partial charge in [0.1, 0.15) is 6.04 Å². The third-order valence-electron chi connectivity index (χ3n) is 3.32. The summed E-state index contributed by atoms with van der Waals surface area (Å²) in [5.74, 6) is 1.24. The van der Waals surface area contributed by atoms with Gasteiger partial charge >= 0.3 is 0 Å². The molecule has 17 heavy (non-hydrogen) atoms. The number of thioether (sulfide) groups is 1. The maximum absolute atomic E-state index is 11.7. The van der Waals surface area contributed by atoms with Crippen molar-refractivity contribution in [3.05, 3.63) is 0 Å². The molecule has 0 saturated carbocycles. The van der Waals surface area contributed by atoms with Gasteiger partial charge in [0, 0.05) is 18.8 Å². The van der Waals surface area contributed by atoms with Gasteiger partial charge in [-0.2, -0.15) is 0 Å². The molecule has 0 aliphatic carbocycles. The molecule has 2 aliphatic rings. The van der Waals surface area contributed by atoms with Crippen molar-refractivity contribution in [3.63, 3.8) is 0 Å². The van der Waals surface area contributed by atoms with Crippen LogP contribution in [0.25, 0.3) is 0 Å². The second-order valence-electron chi connectivity index (χ2n) is 4.67. The molecule has 2 heterocycles. The number of hydrogen-bond acceptors (Lipinski definition) is 4. The minimum atomic E-state index is -0.525. The molecule has 5 nitrogen and oxygen atoms in total. The van der Waals surface area contributed by atoms with Gasteiger partial charge in [-0.15, -0.1) is 0 Å². The summed E-state index contributed by atoms with van der Waals surface area (Å²) in [6, 6.07) is -0.164. The monoisotopic (exact) mass is 255 g/mol. The van der Waals surface area contributed by atoms with Crippen molar-refractivity contribution >= 4 is 28.7 Å². The topological polar surface area (TPSA) is 61.8 Å². The molecule has 0 aromatic carbocycles. The number of likely N-dealkylation sites (tertiary alicyclic amines) is 1. The van der Waals surface area contributed by atoms with Crippen LogP contribution < -0.4 is 5.32 Å². The molecule has 0 spiro atoms. The lowest BCUT2D eigenvalue weighted by Crippen LogP contribution is -2.42. The van der Waals surface area contributed by atoms with E-state index in [0.29, 0.717) is 12.0 Å². The highest BCUT2D eigenvalue weighted by Gasteiger charge is 2.36. The number of nitrogens with one attached hydrogen (secondary N) is 1. The second kappa shape index (κ2) is 4.68. The van der Waals surface area contributed by atoms with Crippen LogP contribution in [-0.2, 0) is 9.59 Å². The Labute approximate surface area is 105 Å². The first-order valence-corrected chi connectivity index (χ1v) is 6.75. The predicted molar refractivity (Wildman–Crippen MR) is 67.8 cm³/mol. The van der Waals surface area contributed by atoms with Crippen molar-refractivity contribution in [2.24, 2.45) is 10.9 Å². The molecular weight excluding hydrogens is 238 g/mol. The van der Waals surface area contributed by atoms with E-state index < -0.39 is 6.04 Å². The smallest absolute Gasteiger partial charge is 0.254 e. The summed E-state index contributed by atoms with van der Waals surface area (Å²) in [7, 11) is 1.51. The quantitative estimate of drug-likeness (QED) is 0.692. The number of nitrogens with zero attached hydrogens (tertiary/aromatic N) is 2. The molecule has 3 unspecified atom stereocenters. The molecular formula is C11H17N3O2S. The molecule has 0 aromatic heterocycles. The average molecular weight is 255 g/mol. The number of rotatable bonds is 1. The SMILES string of the molecule is CC1CSC(=NC2CC(=O)N(C)C2=O)NC1C. The first-order valence-electron chi connectivity index (χ1n) is 5.76. The summed E-state index contributed by atoms with van der Waals surface area (Å²) < 4.78 is 0. The highest BCUT2D eigenvalue weighted by Crippen LogP contribution is 2.22. The summed E-state index contributed by atoms with van der Waals surface area (Å²) >= 11 is 1.62. The Kier molecular flexibility index (Phi) is 3.42. The fourth-order valence-corrected chi connectivity index (χ4v) is 2.97. The lowest BCUT2D eigenvalue weighted by Gasteiger charge is -2.28. The molecule has 2 rings (SSSR count). The van der Waals surface area contributed by atoms with Gasteiger partial charge < -0.3 is 5.32 Å². The Morgan fingerprint density at radius 1 is 1.41 bits per heavy atom. The highest BCUT2D eigenvalue weighted by molar-refractivity contribution is 8.13. The molecule has 2 aliphatic heterocycles. The van der Waals surface area contributed by atoms with Crippen molar-refractivity contribution in [2.45, 2.75) is 32.4 Å². The molecule has 94 valence electrons. The zero-order chi connectivity index (χ0) is 12.6. The number of amides is 2. The fraction of sp³-hybridized carbons (Fsp3) is 0.727. The van der Waals surface area contributed by atoms with Crippen LogP contribution in [0.15, 0.2) is 4.99 Å². The van der Waals surface area contributed by atoms with Crippen LogP contribution in [0.2, 0.25) is 0 Å². The lowest BCUT2D eigenvalue weighted by molar-refractivity contribution is -0.136. The van der Waals surface area contributed by atoms with E-state index in [1.807, 2.05) is 0 Å². The van der Waals surface area contributed by atoms with E-state index in [2.05, 4.69) is 24.2 Å². The summed E-state index contributed by atoms with van der Waals surface area (Å²) in [6.45, 7) is 4.28. The van der Waals surface area contributed by atoms with Crippen LogP contribution in [-0.4, -0.2) is 46.8 Å². The summed E-state index contributed by atoms with van der Waals surface area (Å²) in [4.78, 5) is 28.6. The number of carbonyl (C=O) groups is 2. The van der Waals surface area contributed by atoms with Gasteiger partial charge in [-0.3, -0.25) is 14.5 Å². The van der Waals surface area contributed by atoms with Gasteiger partial charge in [-0.1, -0.05) is 18.7 Å². The molecule has 0 bridgehead atoms. The Morgan fingerprint density at radius 3 is 2.65 bits per heavy atom. The van der Waals surface area contributed by atoms with Crippen molar-refractivity contribution in [1.82, 2.24) is 10.2 Å². The summed E-state index contributed by atoms with van der Waals surface area (Å²) in [5, 5.41) is 4.06. The normalized spacial score (nSPS) is 36.5. The number of aliphatic imine (C=N–C) groups is 1. The number of amidine groups is 1. The zero-order valence-electron chi connectivity index (χ0n) is 10.3. The number of imide groups is 1. The van der Waals surface area contributed by atoms with Crippen molar-refractivity contribution in [3.8, 4) is 0 Å². The van der Waals surface area contributed by atoms with Crippen LogP contribution in [0.3, 0.4) is 0 Å². The van der Waals surface area contributed by atoms with E-state index in [1.165, 1.54) is 7.05 Å². The van der Waals surface area contributed by atoms with Crippen LogP contribution in [0.1, 0.15) is 20.3 Å². The van der Waals surface area contributed by atoms with Crippen LogP contribution in [0, 0.1) is 5.92 Å². The number of hydrogen-bond donors (Lipinski definition) is 1. The Bertz CT molecular complexity index is 383. The van der Waals surface area contributed by atoms with Crippen LogP contribution in [0.5, 0.6) is 0 Å². The first-order chi connectivity index (χ1) is 7.99. The van der Waals surface area contributed by atoms with Gasteiger partial charge in [0.25, 0.3) is 5.91 Å². The molecule has 0 radical (unpaired) electrons. The zero-order valence-corrected chi connectivity index (χ0v) is 11.1. The van der Waals surface area contributed by atoms with Gasteiger partial charge in [-0.25, -0.2) is 4.99 Å². The van der Waals surface area contributed by atoms with Gasteiger partial charge in [0.2, 0.25) is 5.91 Å². The largest absolute Gasteiger partial charge is 0.362 e. The van der Waals surface area contributed by atoms with Crippen LogP contribution >= 0.6 is 11.8 Å². The number of carbonyl (C=O) groups excluding carboxylic acids is 2. The average Bonchev–Trinajstić information content (AvgIpc) is 2.52. The first kappa shape index (κ1) is 12.4. The Morgan fingerprint density at radius 2 is 2.12 bits per heavy atom. The maximum Gasteiger partial charge on any atom is 0.254 e. The van der Waals surface area contributed by atoms with Gasteiger partial charge in [0.15, 0.2) is 5.17 Å². The lowest BCUT2D eigenvalue weighted by atomic mass is 10.1. The van der Waals surface area contributed by atoms with Crippen molar-refractivity contribution < 1.29 is 9.59 Å². The van der Waals surface area contributed by atoms with Crippen LogP contribution in [0.4, 0.5) is 0 Å². The minimum Gasteiger partial charge on any atom is -0.362 e. The van der Waals surface area contributed by atoms with Crippen molar-refractivity contribution in [2.75, 3.05) is 12.8 Å². The summed E-state index contributed by atoms with van der Waals surface area (Å²) in [5.41, 5.74) is 0. The molecule has 0 aromatic rings. The standard InChI is InChI=1S/C11H17N3O2S/c1-6-5-17-11(12-7(6)2)13-8-4-9(15)14(3)10(8)16/h6-8H,4-5H2,1-3H3,(H,12,13). The van der Waals surface area contributed by atoms with E-state index in [4.69, 9.17) is 0 Å². The van der Waals surface area contributed by atoms with E-state index in [1.54, 1.807) is 11.8 Å². The van der Waals surface area contributed by atoms with E-state index >= 15 is 0 Å². The maximum atomic E-state index is 11.7. The molecule has 3 atom stereocenters. The number of likely N-dealkylation sites (N-methyl/N-ethyl adjacent to an activating group) is 1. The molecule has 6 heteroatoms.